The number of nitrogens with one attached hydrogen (secondary N) is 2. The summed E-state index contributed by atoms with van der Waals surface area (Å²) >= 11 is 0. The van der Waals surface area contributed by atoms with Gasteiger partial charge in [-0.2, -0.15) is 0 Å². The molecule has 1 rings (SSSR count). The van der Waals surface area contributed by atoms with Crippen LogP contribution in [0.4, 0.5) is 11.6 Å². The summed E-state index contributed by atoms with van der Waals surface area (Å²) in [5, 5.41) is 15.7. The van der Waals surface area contributed by atoms with Gasteiger partial charge < -0.3 is 15.7 Å². The number of aromatic nitrogens is 2. The van der Waals surface area contributed by atoms with E-state index in [0.717, 1.165) is 23.0 Å². The van der Waals surface area contributed by atoms with Crippen molar-refractivity contribution < 1.29 is 5.11 Å². The predicted octanol–water partition coefficient (Wildman–Crippen LogP) is 2.70. The van der Waals surface area contributed by atoms with Crippen molar-refractivity contribution in [3.05, 3.63) is 11.4 Å². The van der Waals surface area contributed by atoms with Gasteiger partial charge in [-0.25, -0.2) is 9.97 Å². The van der Waals surface area contributed by atoms with Crippen molar-refractivity contribution in [1.82, 2.24) is 9.97 Å². The zero-order valence-corrected chi connectivity index (χ0v) is 13.8. The first-order chi connectivity index (χ1) is 9.10. The molecular weight excluding hydrogens is 252 g/mol. The second-order valence-corrected chi connectivity index (χ2v) is 6.85. The van der Waals surface area contributed by atoms with E-state index in [1.807, 2.05) is 14.0 Å². The van der Waals surface area contributed by atoms with Crippen molar-refractivity contribution in [2.24, 2.45) is 0 Å². The summed E-state index contributed by atoms with van der Waals surface area (Å²) in [5.41, 5.74) is 0.664. The smallest absolute Gasteiger partial charge is 0.138 e. The lowest BCUT2D eigenvalue weighted by Gasteiger charge is -2.28. The first kappa shape index (κ1) is 16.7. The van der Waals surface area contributed by atoms with Gasteiger partial charge in [0.05, 0.1) is 0 Å². The fraction of sp³-hybridized carbons (Fsp3) is 0.733. The maximum Gasteiger partial charge on any atom is 0.138 e. The average molecular weight is 280 g/mol. The van der Waals surface area contributed by atoms with Crippen LogP contribution in [0.3, 0.4) is 0 Å². The Bertz CT molecular complexity index is 464. The van der Waals surface area contributed by atoms with Gasteiger partial charge in [0.1, 0.15) is 17.5 Å². The van der Waals surface area contributed by atoms with E-state index in [1.165, 1.54) is 0 Å². The molecule has 1 aromatic heterocycles. The molecule has 5 nitrogen and oxygen atoms in total. The molecule has 0 bridgehead atoms. The van der Waals surface area contributed by atoms with Crippen molar-refractivity contribution in [1.29, 1.82) is 0 Å². The van der Waals surface area contributed by atoms with Gasteiger partial charge in [0.15, 0.2) is 0 Å². The fourth-order valence-electron chi connectivity index (χ4n) is 1.88. The van der Waals surface area contributed by atoms with Crippen LogP contribution in [-0.2, 0) is 5.41 Å². The Kier molecular flexibility index (Phi) is 4.97. The molecule has 0 aliphatic heterocycles. The van der Waals surface area contributed by atoms with Crippen molar-refractivity contribution in [2.75, 3.05) is 24.3 Å². The Morgan fingerprint density at radius 2 is 1.60 bits per heavy atom. The highest BCUT2D eigenvalue weighted by Crippen LogP contribution is 2.28. The van der Waals surface area contributed by atoms with Gasteiger partial charge in [-0.1, -0.05) is 20.8 Å². The summed E-state index contributed by atoms with van der Waals surface area (Å²) < 4.78 is 0. The number of aliphatic hydroxyl groups excluding tert-OH is 1. The molecule has 114 valence electrons. The van der Waals surface area contributed by atoms with E-state index in [-0.39, 0.29) is 17.6 Å². The first-order valence-electron chi connectivity index (χ1n) is 7.06. The fourth-order valence-corrected chi connectivity index (χ4v) is 1.88. The summed E-state index contributed by atoms with van der Waals surface area (Å²) in [6.07, 6.45) is 0.663. The Hall–Kier alpha value is -1.36. The number of aliphatic hydroxyl groups is 1. The Morgan fingerprint density at radius 1 is 1.05 bits per heavy atom. The Morgan fingerprint density at radius 3 is 2.05 bits per heavy atom. The van der Waals surface area contributed by atoms with Crippen LogP contribution in [0, 0.1) is 6.92 Å². The molecular formula is C15H28N4O. The molecule has 5 heteroatoms. The molecule has 0 spiro atoms. The summed E-state index contributed by atoms with van der Waals surface area (Å²) in [6, 6.07) is 0. The third kappa shape index (κ3) is 4.07. The topological polar surface area (TPSA) is 70.1 Å². The molecule has 1 aromatic rings. The quantitative estimate of drug-likeness (QED) is 0.773. The molecule has 0 saturated heterocycles. The van der Waals surface area contributed by atoms with E-state index in [9.17, 15) is 0 Å². The molecule has 20 heavy (non-hydrogen) atoms. The number of anilines is 2. The largest absolute Gasteiger partial charge is 0.396 e. The van der Waals surface area contributed by atoms with Crippen LogP contribution in [0.15, 0.2) is 0 Å². The number of rotatable bonds is 5. The summed E-state index contributed by atoms with van der Waals surface area (Å²) in [4.78, 5) is 9.26. The van der Waals surface area contributed by atoms with Crippen molar-refractivity contribution in [3.8, 4) is 0 Å². The Balaban J connectivity index is 3.24. The van der Waals surface area contributed by atoms with E-state index in [1.54, 1.807) is 0 Å². The molecule has 0 radical (unpaired) electrons. The van der Waals surface area contributed by atoms with Crippen LogP contribution in [0.5, 0.6) is 0 Å². The molecule has 0 aliphatic rings. The molecule has 3 N–H and O–H groups in total. The standard InChI is InChI=1S/C15H28N4O/c1-10-11(16-7)17-13(14(2,3)4)18-12(10)19-15(5,6)8-9-20/h20H,8-9H2,1-7H3,(H2,16,17,18,19). The first-order valence-corrected chi connectivity index (χ1v) is 7.06. The van der Waals surface area contributed by atoms with Crippen LogP contribution >= 0.6 is 0 Å². The average Bonchev–Trinajstić information content (AvgIpc) is 2.29. The van der Waals surface area contributed by atoms with Gasteiger partial charge in [0, 0.05) is 30.2 Å². The van der Waals surface area contributed by atoms with E-state index in [2.05, 4.69) is 55.2 Å². The minimum absolute atomic E-state index is 0.114. The molecule has 1 heterocycles. The zero-order chi connectivity index (χ0) is 15.6. The van der Waals surface area contributed by atoms with Gasteiger partial charge in [-0.15, -0.1) is 0 Å². The highest BCUT2D eigenvalue weighted by molar-refractivity contribution is 5.58. The van der Waals surface area contributed by atoms with Gasteiger partial charge in [-0.3, -0.25) is 0 Å². The normalized spacial score (nSPS) is 12.4. The van der Waals surface area contributed by atoms with Gasteiger partial charge >= 0.3 is 0 Å². The van der Waals surface area contributed by atoms with Gasteiger partial charge in [-0.05, 0) is 27.2 Å². The van der Waals surface area contributed by atoms with Crippen molar-refractivity contribution in [2.45, 2.75) is 58.9 Å². The van der Waals surface area contributed by atoms with Crippen LogP contribution < -0.4 is 10.6 Å². The van der Waals surface area contributed by atoms with E-state index < -0.39 is 0 Å². The molecule has 0 atom stereocenters. The van der Waals surface area contributed by atoms with Crippen molar-refractivity contribution in [3.63, 3.8) is 0 Å². The summed E-state index contributed by atoms with van der Waals surface area (Å²) in [6.45, 7) is 12.5. The summed E-state index contributed by atoms with van der Waals surface area (Å²) in [7, 11) is 1.87. The molecule has 0 aromatic carbocycles. The lowest BCUT2D eigenvalue weighted by atomic mass is 9.95. The van der Waals surface area contributed by atoms with Crippen LogP contribution in [0.1, 0.15) is 52.4 Å². The summed E-state index contributed by atoms with van der Waals surface area (Å²) in [5.74, 6) is 2.47. The van der Waals surface area contributed by atoms with Crippen LogP contribution in [0.25, 0.3) is 0 Å². The highest BCUT2D eigenvalue weighted by Gasteiger charge is 2.24. The third-order valence-electron chi connectivity index (χ3n) is 3.25. The minimum atomic E-state index is -0.214. The highest BCUT2D eigenvalue weighted by atomic mass is 16.3. The number of nitrogens with zero attached hydrogens (tertiary/aromatic N) is 2. The zero-order valence-electron chi connectivity index (χ0n) is 13.8. The minimum Gasteiger partial charge on any atom is -0.396 e. The molecule has 0 unspecified atom stereocenters. The molecule has 0 amide bonds. The predicted molar refractivity (Wildman–Crippen MR) is 84.4 cm³/mol. The maximum atomic E-state index is 9.15. The molecule has 0 fully saturated rings. The third-order valence-corrected chi connectivity index (χ3v) is 3.25. The molecule has 0 saturated carbocycles. The monoisotopic (exact) mass is 280 g/mol. The van der Waals surface area contributed by atoms with E-state index in [0.29, 0.717) is 6.42 Å². The Labute approximate surface area is 122 Å². The maximum absolute atomic E-state index is 9.15. The van der Waals surface area contributed by atoms with Crippen molar-refractivity contribution >= 4 is 11.6 Å². The van der Waals surface area contributed by atoms with Gasteiger partial charge in [0.2, 0.25) is 0 Å². The van der Waals surface area contributed by atoms with Crippen LogP contribution in [-0.4, -0.2) is 34.3 Å². The number of hydrogen-bond acceptors (Lipinski definition) is 5. The second kappa shape index (κ2) is 5.95. The van der Waals surface area contributed by atoms with Gasteiger partial charge in [0.25, 0.3) is 0 Å². The van der Waals surface area contributed by atoms with E-state index in [4.69, 9.17) is 5.11 Å². The number of hydrogen-bond donors (Lipinski definition) is 3. The van der Waals surface area contributed by atoms with Crippen LogP contribution in [0.2, 0.25) is 0 Å². The lowest BCUT2D eigenvalue weighted by Crippen LogP contribution is -2.33. The lowest BCUT2D eigenvalue weighted by molar-refractivity contribution is 0.260. The van der Waals surface area contributed by atoms with E-state index >= 15 is 0 Å². The molecule has 0 aliphatic carbocycles. The second-order valence-electron chi connectivity index (χ2n) is 6.85. The SMILES string of the molecule is CNc1nc(C(C)(C)C)nc(NC(C)(C)CCO)c1C.